The van der Waals surface area contributed by atoms with E-state index in [9.17, 15) is 19.8 Å². The van der Waals surface area contributed by atoms with Gasteiger partial charge in [0.1, 0.15) is 17.5 Å². The summed E-state index contributed by atoms with van der Waals surface area (Å²) in [5.74, 6) is -1.00. The molecule has 2 aromatic heterocycles. The first-order chi connectivity index (χ1) is 20.4. The summed E-state index contributed by atoms with van der Waals surface area (Å²) in [6.45, 7) is 6.59. The zero-order valence-electron chi connectivity index (χ0n) is 24.8. The quantitative estimate of drug-likeness (QED) is 0.146. The van der Waals surface area contributed by atoms with Crippen LogP contribution >= 0.6 is 0 Å². The molecule has 2 rings (SSSR count). The van der Waals surface area contributed by atoms with Gasteiger partial charge in [0.05, 0.1) is 65.2 Å². The Morgan fingerprint density at radius 1 is 0.762 bits per heavy atom. The molecule has 0 saturated carbocycles. The highest BCUT2D eigenvalue weighted by molar-refractivity contribution is 5.87. The normalized spacial score (nSPS) is 12.1. The molecule has 0 unspecified atom stereocenters. The van der Waals surface area contributed by atoms with E-state index < -0.39 is 11.9 Å². The van der Waals surface area contributed by atoms with E-state index in [0.29, 0.717) is 83.7 Å². The van der Waals surface area contributed by atoms with Crippen LogP contribution in [0, 0.1) is 0 Å². The third-order valence-electron chi connectivity index (χ3n) is 6.13. The predicted molar refractivity (Wildman–Crippen MR) is 153 cm³/mol. The second-order valence-corrected chi connectivity index (χ2v) is 9.24. The van der Waals surface area contributed by atoms with Crippen LogP contribution in [0.2, 0.25) is 0 Å². The molecule has 0 bridgehead atoms. The summed E-state index contributed by atoms with van der Waals surface area (Å²) in [7, 11) is 2.62. The topological polar surface area (TPSA) is 153 Å². The van der Waals surface area contributed by atoms with Gasteiger partial charge in [-0.1, -0.05) is 12.1 Å². The van der Waals surface area contributed by atoms with Gasteiger partial charge in [0, 0.05) is 45.9 Å². The van der Waals surface area contributed by atoms with Crippen molar-refractivity contribution in [1.29, 1.82) is 0 Å². The van der Waals surface area contributed by atoms with Gasteiger partial charge in [-0.3, -0.25) is 9.80 Å². The third-order valence-corrected chi connectivity index (χ3v) is 6.13. The van der Waals surface area contributed by atoms with E-state index in [-0.39, 0.29) is 30.7 Å². The van der Waals surface area contributed by atoms with Gasteiger partial charge in [0.2, 0.25) is 0 Å². The maximum absolute atomic E-state index is 11.8. The molecule has 13 nitrogen and oxygen atoms in total. The van der Waals surface area contributed by atoms with Crippen LogP contribution in [0.4, 0.5) is 0 Å². The number of carbonyl (C=O) groups excluding carboxylic acids is 2. The Kier molecular flexibility index (Phi) is 17.4. The molecule has 0 aliphatic heterocycles. The lowest BCUT2D eigenvalue weighted by Crippen LogP contribution is -2.35. The number of methoxy groups -OCH3 is 2. The van der Waals surface area contributed by atoms with Crippen LogP contribution in [0.25, 0.3) is 0 Å². The molecule has 0 aliphatic rings. The van der Waals surface area contributed by atoms with Crippen LogP contribution in [-0.2, 0) is 36.8 Å². The summed E-state index contributed by atoms with van der Waals surface area (Å²) in [6, 6.07) is 10.3. The fourth-order valence-electron chi connectivity index (χ4n) is 4.00. The Hall–Kier alpha value is -3.04. The molecule has 234 valence electrons. The molecule has 0 aromatic carbocycles. The van der Waals surface area contributed by atoms with Crippen molar-refractivity contribution in [2.75, 3.05) is 86.6 Å². The van der Waals surface area contributed by atoms with Crippen molar-refractivity contribution in [3.63, 3.8) is 0 Å². The number of aromatic nitrogens is 2. The summed E-state index contributed by atoms with van der Waals surface area (Å²) in [4.78, 5) is 36.2. The number of hydrogen-bond donors (Lipinski definition) is 2. The molecule has 0 spiro atoms. The van der Waals surface area contributed by atoms with E-state index in [0.717, 1.165) is 0 Å². The smallest absolute Gasteiger partial charge is 0.356 e. The number of pyridine rings is 2. The van der Waals surface area contributed by atoms with Crippen molar-refractivity contribution >= 4 is 11.9 Å². The van der Waals surface area contributed by atoms with Gasteiger partial charge in [-0.25, -0.2) is 19.6 Å². The number of aliphatic hydroxyl groups is 2. The predicted octanol–water partition coefficient (Wildman–Crippen LogP) is 0.777. The molecular formula is C29H44N4O9. The summed E-state index contributed by atoms with van der Waals surface area (Å²) in [5.41, 5.74) is 1.83. The number of ether oxygens (including phenoxy) is 5. The molecule has 0 aliphatic carbocycles. The molecule has 2 N–H and O–H groups in total. The number of nitrogens with zero attached hydrogens (tertiary/aromatic N) is 4. The van der Waals surface area contributed by atoms with Crippen LogP contribution < -0.4 is 0 Å². The molecule has 42 heavy (non-hydrogen) atoms. The average Bonchev–Trinajstić information content (AvgIpc) is 3.01. The maximum Gasteiger partial charge on any atom is 0.356 e. The van der Waals surface area contributed by atoms with Crippen LogP contribution in [0.15, 0.2) is 36.4 Å². The number of hydrogen-bond acceptors (Lipinski definition) is 13. The third kappa shape index (κ3) is 13.3. The molecular weight excluding hydrogens is 548 g/mol. The average molecular weight is 593 g/mol. The van der Waals surface area contributed by atoms with Crippen molar-refractivity contribution in [3.05, 3.63) is 59.2 Å². The molecule has 0 saturated heterocycles. The second kappa shape index (κ2) is 20.8. The highest BCUT2D eigenvalue weighted by atomic mass is 16.6. The molecule has 2 heterocycles. The van der Waals surface area contributed by atoms with Crippen molar-refractivity contribution in [2.45, 2.75) is 26.1 Å². The zero-order chi connectivity index (χ0) is 30.6. The fraction of sp³-hybridized carbons (Fsp3) is 0.586. The van der Waals surface area contributed by atoms with Gasteiger partial charge >= 0.3 is 11.9 Å². The fourth-order valence-corrected chi connectivity index (χ4v) is 4.00. The SMILES string of the molecule is CCOC[C@@H](COCCN(CCO)Cc1cccc(C(=O)OC)n1)OCCN(CCO)Cc1cccc(C(=O)OC)n1. The standard InChI is InChI=1S/C29H44N4O9/c1-4-40-21-25(42-18-14-33(12-16-35)20-24-8-6-10-27(31-24)29(37)39-3)22-41-17-13-32(11-15-34)19-23-7-5-9-26(30-23)28(36)38-2/h5-10,25,34-35H,4,11-22H2,1-3H3/t25-/m0/s1. The molecule has 13 heteroatoms. The number of carbonyl (C=O) groups is 2. The van der Waals surface area contributed by atoms with Gasteiger partial charge in [0.25, 0.3) is 0 Å². The first kappa shape index (κ1) is 35.2. The van der Waals surface area contributed by atoms with Crippen LogP contribution in [0.1, 0.15) is 39.3 Å². The van der Waals surface area contributed by atoms with E-state index in [1.54, 1.807) is 24.3 Å². The van der Waals surface area contributed by atoms with Crippen molar-refractivity contribution < 1.29 is 43.5 Å². The highest BCUT2D eigenvalue weighted by Crippen LogP contribution is 2.07. The van der Waals surface area contributed by atoms with E-state index >= 15 is 0 Å². The van der Waals surface area contributed by atoms with Crippen LogP contribution in [-0.4, -0.2) is 135 Å². The molecule has 1 atom stereocenters. The minimum atomic E-state index is -0.503. The van der Waals surface area contributed by atoms with Gasteiger partial charge in [-0.15, -0.1) is 0 Å². The van der Waals surface area contributed by atoms with Gasteiger partial charge < -0.3 is 33.9 Å². The summed E-state index contributed by atoms with van der Waals surface area (Å²) in [6.07, 6.45) is -0.300. The Balaban J connectivity index is 1.84. The monoisotopic (exact) mass is 592 g/mol. The Labute approximate surface area is 247 Å². The van der Waals surface area contributed by atoms with Crippen LogP contribution in [0.5, 0.6) is 0 Å². The lowest BCUT2D eigenvalue weighted by molar-refractivity contribution is -0.0651. The first-order valence-electron chi connectivity index (χ1n) is 14.0. The molecule has 0 fully saturated rings. The first-order valence-corrected chi connectivity index (χ1v) is 14.0. The number of esters is 2. The zero-order valence-corrected chi connectivity index (χ0v) is 24.8. The number of rotatable bonds is 22. The molecule has 2 aromatic rings. The Morgan fingerprint density at radius 3 is 1.74 bits per heavy atom. The van der Waals surface area contributed by atoms with Crippen LogP contribution in [0.3, 0.4) is 0 Å². The minimum Gasteiger partial charge on any atom is -0.464 e. The Morgan fingerprint density at radius 2 is 1.26 bits per heavy atom. The number of aliphatic hydroxyl groups excluding tert-OH is 2. The van der Waals surface area contributed by atoms with Gasteiger partial charge in [-0.2, -0.15) is 0 Å². The second-order valence-electron chi connectivity index (χ2n) is 9.24. The molecule has 0 amide bonds. The Bertz CT molecular complexity index is 1060. The van der Waals surface area contributed by atoms with Crippen molar-refractivity contribution in [2.24, 2.45) is 0 Å². The summed E-state index contributed by atoms with van der Waals surface area (Å²) in [5, 5.41) is 19.0. The van der Waals surface area contributed by atoms with E-state index in [1.807, 2.05) is 28.9 Å². The lowest BCUT2D eigenvalue weighted by Gasteiger charge is -2.24. The summed E-state index contributed by atoms with van der Waals surface area (Å²) >= 11 is 0. The minimum absolute atomic E-state index is 0.0282. The van der Waals surface area contributed by atoms with E-state index in [4.69, 9.17) is 23.7 Å². The van der Waals surface area contributed by atoms with Crippen molar-refractivity contribution in [3.8, 4) is 0 Å². The largest absolute Gasteiger partial charge is 0.464 e. The summed E-state index contributed by atoms with van der Waals surface area (Å²) < 4.78 is 27.0. The highest BCUT2D eigenvalue weighted by Gasteiger charge is 2.15. The molecule has 0 radical (unpaired) electrons. The van der Waals surface area contributed by atoms with E-state index in [1.165, 1.54) is 14.2 Å². The lowest BCUT2D eigenvalue weighted by atomic mass is 10.2. The van der Waals surface area contributed by atoms with Gasteiger partial charge in [-0.05, 0) is 31.2 Å². The van der Waals surface area contributed by atoms with Crippen molar-refractivity contribution in [1.82, 2.24) is 19.8 Å². The van der Waals surface area contributed by atoms with Gasteiger partial charge in [0.15, 0.2) is 0 Å². The van der Waals surface area contributed by atoms with E-state index in [2.05, 4.69) is 9.97 Å². The maximum atomic E-state index is 11.8.